The summed E-state index contributed by atoms with van der Waals surface area (Å²) >= 11 is 24.2. The molecule has 0 fully saturated rings. The molecule has 0 bridgehead atoms. The fourth-order valence-electron chi connectivity index (χ4n) is 2.21. The lowest BCUT2D eigenvalue weighted by Gasteiger charge is -2.25. The zero-order chi connectivity index (χ0) is 18.0. The number of aliphatic hydroxyl groups excluding tert-OH is 1. The Bertz CT molecular complexity index is 874. The van der Waals surface area contributed by atoms with Gasteiger partial charge in [0.1, 0.15) is 24.5 Å². The molecule has 2 aromatic carbocycles. The lowest BCUT2D eigenvalue weighted by Crippen LogP contribution is -2.24. The van der Waals surface area contributed by atoms with Crippen LogP contribution in [0.4, 0.5) is 0 Å². The first-order valence-corrected chi connectivity index (χ1v) is 8.55. The van der Waals surface area contributed by atoms with Gasteiger partial charge in [-0.1, -0.05) is 52.5 Å². The number of rotatable bonds is 5. The molecule has 0 spiro atoms. The van der Waals surface area contributed by atoms with E-state index in [1.807, 2.05) is 0 Å². The first-order chi connectivity index (χ1) is 12.0. The van der Waals surface area contributed by atoms with Crippen LogP contribution in [0, 0.1) is 0 Å². The van der Waals surface area contributed by atoms with Gasteiger partial charge in [-0.15, -0.1) is 0 Å². The third-order valence-corrected chi connectivity index (χ3v) is 4.48. The van der Waals surface area contributed by atoms with Crippen molar-refractivity contribution in [2.75, 3.05) is 0 Å². The molecule has 0 aliphatic heterocycles. The van der Waals surface area contributed by atoms with Gasteiger partial charge in [-0.3, -0.25) is 0 Å². The first kappa shape index (κ1) is 18.3. The maximum absolute atomic E-state index is 10.8. The molecule has 9 heteroatoms. The van der Waals surface area contributed by atoms with Crippen molar-refractivity contribution < 1.29 is 9.84 Å². The lowest BCUT2D eigenvalue weighted by molar-refractivity contribution is -0.0191. The van der Waals surface area contributed by atoms with E-state index in [4.69, 9.17) is 51.1 Å². The number of ether oxygens (including phenoxy) is 1. The van der Waals surface area contributed by atoms with Gasteiger partial charge in [0.25, 0.3) is 0 Å². The normalized spacial score (nSPS) is 13.5. The van der Waals surface area contributed by atoms with Crippen molar-refractivity contribution in [3.8, 4) is 5.75 Å². The average Bonchev–Trinajstić information content (AvgIpc) is 3.08. The van der Waals surface area contributed by atoms with Gasteiger partial charge < -0.3 is 9.84 Å². The highest BCUT2D eigenvalue weighted by atomic mass is 35.5. The highest BCUT2D eigenvalue weighted by molar-refractivity contribution is 6.35. The number of aliphatic hydroxyl groups is 1. The first-order valence-electron chi connectivity index (χ1n) is 7.04. The van der Waals surface area contributed by atoms with Crippen molar-refractivity contribution >= 4 is 46.4 Å². The molecule has 0 saturated carbocycles. The quantitative estimate of drug-likeness (QED) is 0.618. The Morgan fingerprint density at radius 2 is 1.64 bits per heavy atom. The molecule has 0 saturated heterocycles. The van der Waals surface area contributed by atoms with Gasteiger partial charge in [0.05, 0.1) is 5.02 Å². The topological polar surface area (TPSA) is 60.2 Å². The number of aromatic nitrogens is 3. The van der Waals surface area contributed by atoms with E-state index in [-0.39, 0.29) is 0 Å². The number of halogens is 4. The molecule has 0 aliphatic rings. The van der Waals surface area contributed by atoms with Crippen LogP contribution in [0.25, 0.3) is 0 Å². The van der Waals surface area contributed by atoms with Gasteiger partial charge in [0, 0.05) is 20.6 Å². The molecule has 0 amide bonds. The lowest BCUT2D eigenvalue weighted by atomic mass is 10.1. The SMILES string of the molecule is OC(c1ccc(Cl)cc1Cl)C(Oc1ccc(Cl)cc1Cl)n1cncn1. The molecule has 130 valence electrons. The Morgan fingerprint density at radius 3 is 2.24 bits per heavy atom. The zero-order valence-corrected chi connectivity index (χ0v) is 15.5. The highest BCUT2D eigenvalue weighted by Gasteiger charge is 2.28. The molecule has 2 atom stereocenters. The van der Waals surface area contributed by atoms with Gasteiger partial charge >= 0.3 is 0 Å². The second-order valence-electron chi connectivity index (χ2n) is 5.07. The Hall–Kier alpha value is -1.50. The number of benzene rings is 2. The minimum absolute atomic E-state index is 0.298. The summed E-state index contributed by atoms with van der Waals surface area (Å²) in [6.45, 7) is 0. The van der Waals surface area contributed by atoms with E-state index in [1.54, 1.807) is 30.3 Å². The Morgan fingerprint density at radius 1 is 0.960 bits per heavy atom. The number of hydrogen-bond donors (Lipinski definition) is 1. The van der Waals surface area contributed by atoms with Gasteiger partial charge in [-0.25, -0.2) is 9.67 Å². The van der Waals surface area contributed by atoms with E-state index in [1.165, 1.54) is 23.4 Å². The van der Waals surface area contributed by atoms with E-state index in [0.29, 0.717) is 31.4 Å². The molecule has 25 heavy (non-hydrogen) atoms. The average molecular weight is 419 g/mol. The fraction of sp³-hybridized carbons (Fsp3) is 0.125. The van der Waals surface area contributed by atoms with Crippen LogP contribution >= 0.6 is 46.4 Å². The predicted octanol–water partition coefficient (Wildman–Crippen LogP) is 5.20. The third kappa shape index (κ3) is 4.19. The maximum atomic E-state index is 10.8. The Balaban J connectivity index is 1.97. The van der Waals surface area contributed by atoms with Gasteiger partial charge in [-0.2, -0.15) is 5.10 Å². The predicted molar refractivity (Wildman–Crippen MR) is 97.6 cm³/mol. The van der Waals surface area contributed by atoms with Crippen molar-refractivity contribution in [1.29, 1.82) is 0 Å². The molecule has 1 N–H and O–H groups in total. The standard InChI is InChI=1S/C16H11Cl4N3O2/c17-9-1-3-11(12(19)5-9)15(24)16(23-8-21-7-22-23)25-14-4-2-10(18)6-13(14)20/h1-8,15-16,24H. The van der Waals surface area contributed by atoms with Crippen LogP contribution in [-0.4, -0.2) is 19.9 Å². The van der Waals surface area contributed by atoms with E-state index in [2.05, 4.69) is 10.1 Å². The Labute approximate surface area is 163 Å². The molecule has 1 aromatic heterocycles. The van der Waals surface area contributed by atoms with Crippen LogP contribution in [-0.2, 0) is 0 Å². The minimum Gasteiger partial charge on any atom is -0.464 e. The summed E-state index contributed by atoms with van der Waals surface area (Å²) in [6, 6.07) is 9.55. The van der Waals surface area contributed by atoms with Crippen LogP contribution < -0.4 is 4.74 Å². The van der Waals surface area contributed by atoms with Crippen molar-refractivity contribution in [3.63, 3.8) is 0 Å². The summed E-state index contributed by atoms with van der Waals surface area (Å²) in [6.07, 6.45) is 0.635. The van der Waals surface area contributed by atoms with E-state index in [9.17, 15) is 5.11 Å². The fourth-order valence-corrected chi connectivity index (χ4v) is 3.18. The van der Waals surface area contributed by atoms with Gasteiger partial charge in [0.15, 0.2) is 0 Å². The molecule has 0 radical (unpaired) electrons. The maximum Gasteiger partial charge on any atom is 0.223 e. The molecule has 0 aliphatic carbocycles. The smallest absolute Gasteiger partial charge is 0.223 e. The largest absolute Gasteiger partial charge is 0.464 e. The van der Waals surface area contributed by atoms with Gasteiger partial charge in [0.2, 0.25) is 6.23 Å². The van der Waals surface area contributed by atoms with Crippen LogP contribution in [0.15, 0.2) is 49.1 Å². The monoisotopic (exact) mass is 417 g/mol. The second kappa shape index (κ2) is 7.81. The molecule has 5 nitrogen and oxygen atoms in total. The zero-order valence-electron chi connectivity index (χ0n) is 12.5. The number of nitrogens with zero attached hydrogens (tertiary/aromatic N) is 3. The number of hydrogen-bond acceptors (Lipinski definition) is 4. The van der Waals surface area contributed by atoms with E-state index in [0.717, 1.165) is 0 Å². The summed E-state index contributed by atoms with van der Waals surface area (Å²) < 4.78 is 7.24. The summed E-state index contributed by atoms with van der Waals surface area (Å²) in [5.41, 5.74) is 0.427. The van der Waals surface area contributed by atoms with Gasteiger partial charge in [-0.05, 0) is 30.3 Å². The summed E-state index contributed by atoms with van der Waals surface area (Å²) in [5, 5.41) is 16.4. The van der Waals surface area contributed by atoms with Crippen molar-refractivity contribution in [1.82, 2.24) is 14.8 Å². The Kier molecular flexibility index (Phi) is 5.71. The molecular formula is C16H11Cl4N3O2. The van der Waals surface area contributed by atoms with E-state index < -0.39 is 12.3 Å². The van der Waals surface area contributed by atoms with Crippen LogP contribution in [0.2, 0.25) is 20.1 Å². The van der Waals surface area contributed by atoms with Crippen molar-refractivity contribution in [2.45, 2.75) is 12.3 Å². The van der Waals surface area contributed by atoms with E-state index >= 15 is 0 Å². The summed E-state index contributed by atoms with van der Waals surface area (Å²) in [5.74, 6) is 0.329. The molecule has 3 rings (SSSR count). The molecule has 3 aromatic rings. The molecule has 2 unspecified atom stereocenters. The minimum atomic E-state index is -1.15. The summed E-state index contributed by atoms with van der Waals surface area (Å²) in [4.78, 5) is 3.89. The molecular weight excluding hydrogens is 408 g/mol. The third-order valence-electron chi connectivity index (χ3n) is 3.39. The van der Waals surface area contributed by atoms with Crippen molar-refractivity contribution in [2.24, 2.45) is 0 Å². The second-order valence-corrected chi connectivity index (χ2v) is 6.76. The molecule has 1 heterocycles. The van der Waals surface area contributed by atoms with Crippen LogP contribution in [0.3, 0.4) is 0 Å². The van der Waals surface area contributed by atoms with Crippen LogP contribution in [0.5, 0.6) is 5.75 Å². The van der Waals surface area contributed by atoms with Crippen molar-refractivity contribution in [3.05, 3.63) is 74.7 Å². The summed E-state index contributed by atoms with van der Waals surface area (Å²) in [7, 11) is 0. The van der Waals surface area contributed by atoms with Crippen LogP contribution in [0.1, 0.15) is 17.9 Å². The highest BCUT2D eigenvalue weighted by Crippen LogP contribution is 2.36.